The molecule has 0 aliphatic carbocycles. The minimum absolute atomic E-state index is 0.0535. The van der Waals surface area contributed by atoms with Gasteiger partial charge in [0.2, 0.25) is 0 Å². The molecular formula is C8H13NO3. The van der Waals surface area contributed by atoms with Crippen LogP contribution in [0.3, 0.4) is 0 Å². The number of rotatable bonds is 1. The van der Waals surface area contributed by atoms with Crippen LogP contribution in [-0.2, 0) is 9.53 Å². The van der Waals surface area contributed by atoms with Crippen LogP contribution in [0.15, 0.2) is 0 Å². The third-order valence-corrected chi connectivity index (χ3v) is 2.38. The van der Waals surface area contributed by atoms with Gasteiger partial charge in [0.05, 0.1) is 6.10 Å². The molecule has 2 heterocycles. The van der Waals surface area contributed by atoms with Crippen molar-refractivity contribution in [1.82, 2.24) is 4.90 Å². The average molecular weight is 171 g/mol. The Morgan fingerprint density at radius 2 is 2.25 bits per heavy atom. The number of ether oxygens (including phenoxy) is 1. The van der Waals surface area contributed by atoms with Crippen molar-refractivity contribution >= 4 is 5.91 Å². The molecule has 0 saturated carbocycles. The van der Waals surface area contributed by atoms with Gasteiger partial charge in [-0.2, -0.15) is 0 Å². The summed E-state index contributed by atoms with van der Waals surface area (Å²) in [7, 11) is 0. The van der Waals surface area contributed by atoms with Crippen molar-refractivity contribution in [3.8, 4) is 0 Å². The molecule has 68 valence electrons. The number of carbonyl (C=O) groups excluding carboxylic acids is 1. The highest BCUT2D eigenvalue weighted by Gasteiger charge is 2.35. The van der Waals surface area contributed by atoms with Gasteiger partial charge in [-0.1, -0.05) is 0 Å². The molecule has 1 atom stereocenters. The van der Waals surface area contributed by atoms with Crippen LogP contribution < -0.4 is 0 Å². The number of hydrogen-bond acceptors (Lipinski definition) is 3. The molecule has 0 unspecified atom stereocenters. The summed E-state index contributed by atoms with van der Waals surface area (Å²) in [5.74, 6) is 0.0535. The van der Waals surface area contributed by atoms with Crippen molar-refractivity contribution in [2.75, 3.05) is 19.7 Å². The number of β-amino-alcohol motifs (C(OH)–C–C–N with tert-alkyl or cyclic N) is 1. The fourth-order valence-corrected chi connectivity index (χ4v) is 1.61. The second-order valence-corrected chi connectivity index (χ2v) is 3.40. The zero-order valence-electron chi connectivity index (χ0n) is 6.90. The fourth-order valence-electron chi connectivity index (χ4n) is 1.61. The molecule has 0 spiro atoms. The maximum absolute atomic E-state index is 11.5. The van der Waals surface area contributed by atoms with Gasteiger partial charge in [0.25, 0.3) is 5.91 Å². The molecular weight excluding hydrogens is 158 g/mol. The van der Waals surface area contributed by atoms with Crippen LogP contribution in [0.1, 0.15) is 12.8 Å². The third-order valence-electron chi connectivity index (χ3n) is 2.38. The summed E-state index contributed by atoms with van der Waals surface area (Å²) in [6.07, 6.45) is 1.28. The van der Waals surface area contributed by atoms with Gasteiger partial charge in [-0.15, -0.1) is 0 Å². The molecule has 2 fully saturated rings. The Balaban J connectivity index is 1.83. The second-order valence-electron chi connectivity index (χ2n) is 3.40. The van der Waals surface area contributed by atoms with Crippen LogP contribution in [-0.4, -0.2) is 47.8 Å². The Labute approximate surface area is 71.1 Å². The van der Waals surface area contributed by atoms with Crippen LogP contribution in [0.25, 0.3) is 0 Å². The Morgan fingerprint density at radius 1 is 1.50 bits per heavy atom. The lowest BCUT2D eigenvalue weighted by molar-refractivity contribution is -0.151. The summed E-state index contributed by atoms with van der Waals surface area (Å²) in [6.45, 7) is 1.67. The van der Waals surface area contributed by atoms with E-state index in [1.165, 1.54) is 0 Å². The molecule has 2 aliphatic rings. The molecule has 1 N–H and O–H groups in total. The summed E-state index contributed by atoms with van der Waals surface area (Å²) in [4.78, 5) is 13.1. The number of carbonyl (C=O) groups is 1. The van der Waals surface area contributed by atoms with E-state index in [9.17, 15) is 4.79 Å². The first kappa shape index (κ1) is 8.01. The highest BCUT2D eigenvalue weighted by Crippen LogP contribution is 2.18. The second kappa shape index (κ2) is 3.03. The molecule has 0 aromatic rings. The van der Waals surface area contributed by atoms with Gasteiger partial charge in [0, 0.05) is 19.7 Å². The quantitative estimate of drug-likeness (QED) is 0.571. The molecule has 0 bridgehead atoms. The molecule has 2 aliphatic heterocycles. The van der Waals surface area contributed by atoms with E-state index in [4.69, 9.17) is 9.84 Å². The summed E-state index contributed by atoms with van der Waals surface area (Å²) < 4.78 is 5.23. The van der Waals surface area contributed by atoms with E-state index in [2.05, 4.69) is 0 Å². The number of aliphatic hydroxyl groups excluding tert-OH is 1. The van der Waals surface area contributed by atoms with Gasteiger partial charge < -0.3 is 14.7 Å². The zero-order valence-corrected chi connectivity index (χ0v) is 6.90. The van der Waals surface area contributed by atoms with E-state index < -0.39 is 0 Å². The molecule has 1 amide bonds. The van der Waals surface area contributed by atoms with Gasteiger partial charge in [-0.3, -0.25) is 4.79 Å². The van der Waals surface area contributed by atoms with Gasteiger partial charge in [0.1, 0.15) is 6.10 Å². The van der Waals surface area contributed by atoms with Gasteiger partial charge >= 0.3 is 0 Å². The first-order valence-corrected chi connectivity index (χ1v) is 4.36. The molecule has 12 heavy (non-hydrogen) atoms. The van der Waals surface area contributed by atoms with Crippen LogP contribution in [0, 0.1) is 0 Å². The molecule has 4 heteroatoms. The minimum Gasteiger partial charge on any atom is -0.389 e. The fraction of sp³-hybridized carbons (Fsp3) is 0.875. The van der Waals surface area contributed by atoms with Gasteiger partial charge in [0.15, 0.2) is 0 Å². The van der Waals surface area contributed by atoms with E-state index in [-0.39, 0.29) is 18.1 Å². The summed E-state index contributed by atoms with van der Waals surface area (Å²) in [5, 5.41) is 8.98. The van der Waals surface area contributed by atoms with Crippen LogP contribution in [0.5, 0.6) is 0 Å². The lowest BCUT2D eigenvalue weighted by atomic mass is 10.1. The highest BCUT2D eigenvalue weighted by molar-refractivity contribution is 5.82. The SMILES string of the molecule is O=C([C@H]1CCCO1)N1CC(O)C1. The Bertz CT molecular complexity index is 183. The van der Waals surface area contributed by atoms with Gasteiger partial charge in [-0.25, -0.2) is 0 Å². The van der Waals surface area contributed by atoms with Crippen LogP contribution in [0.2, 0.25) is 0 Å². The molecule has 0 aromatic carbocycles. The normalized spacial score (nSPS) is 30.4. The molecule has 2 rings (SSSR count). The van der Waals surface area contributed by atoms with E-state index in [0.717, 1.165) is 12.8 Å². The predicted molar refractivity (Wildman–Crippen MR) is 41.6 cm³/mol. The maximum Gasteiger partial charge on any atom is 0.251 e. The molecule has 4 nitrogen and oxygen atoms in total. The van der Waals surface area contributed by atoms with Crippen molar-refractivity contribution < 1.29 is 14.6 Å². The summed E-state index contributed by atoms with van der Waals surface area (Å²) >= 11 is 0. The van der Waals surface area contributed by atoms with Crippen LogP contribution >= 0.6 is 0 Å². The van der Waals surface area contributed by atoms with E-state index in [1.54, 1.807) is 4.90 Å². The predicted octanol–water partition coefficient (Wildman–Crippen LogP) is -0.631. The Kier molecular flexibility index (Phi) is 2.02. The molecule has 2 saturated heterocycles. The van der Waals surface area contributed by atoms with E-state index in [0.29, 0.717) is 19.7 Å². The number of nitrogens with zero attached hydrogens (tertiary/aromatic N) is 1. The Hall–Kier alpha value is -0.610. The first-order valence-electron chi connectivity index (χ1n) is 4.36. The first-order chi connectivity index (χ1) is 5.77. The van der Waals surface area contributed by atoms with Crippen molar-refractivity contribution in [2.45, 2.75) is 25.0 Å². The van der Waals surface area contributed by atoms with Gasteiger partial charge in [-0.05, 0) is 12.8 Å². The Morgan fingerprint density at radius 3 is 2.75 bits per heavy atom. The topological polar surface area (TPSA) is 49.8 Å². The number of aliphatic hydroxyl groups is 1. The monoisotopic (exact) mass is 171 g/mol. The van der Waals surface area contributed by atoms with E-state index >= 15 is 0 Å². The maximum atomic E-state index is 11.5. The van der Waals surface area contributed by atoms with E-state index in [1.807, 2.05) is 0 Å². The summed E-state index contributed by atoms with van der Waals surface area (Å²) in [5.41, 5.74) is 0. The van der Waals surface area contributed by atoms with Crippen molar-refractivity contribution in [3.63, 3.8) is 0 Å². The lowest BCUT2D eigenvalue weighted by Gasteiger charge is -2.37. The number of amides is 1. The summed E-state index contributed by atoms with van der Waals surface area (Å²) in [6, 6.07) is 0. The van der Waals surface area contributed by atoms with Crippen molar-refractivity contribution in [3.05, 3.63) is 0 Å². The lowest BCUT2D eigenvalue weighted by Crippen LogP contribution is -2.56. The molecule has 0 radical (unpaired) electrons. The van der Waals surface area contributed by atoms with Crippen molar-refractivity contribution in [1.29, 1.82) is 0 Å². The van der Waals surface area contributed by atoms with Crippen molar-refractivity contribution in [2.24, 2.45) is 0 Å². The number of hydrogen-bond donors (Lipinski definition) is 1. The largest absolute Gasteiger partial charge is 0.389 e. The third kappa shape index (κ3) is 1.32. The van der Waals surface area contributed by atoms with Crippen LogP contribution in [0.4, 0.5) is 0 Å². The minimum atomic E-state index is -0.310. The average Bonchev–Trinajstić information content (AvgIpc) is 2.49. The standard InChI is InChI=1S/C8H13NO3/c10-6-4-9(5-6)8(11)7-2-1-3-12-7/h6-7,10H,1-5H2/t7-/m1/s1. The highest BCUT2D eigenvalue weighted by atomic mass is 16.5. The number of likely N-dealkylation sites (tertiary alicyclic amines) is 1. The smallest absolute Gasteiger partial charge is 0.251 e. The zero-order chi connectivity index (χ0) is 8.55. The molecule has 0 aromatic heterocycles.